The van der Waals surface area contributed by atoms with Crippen LogP contribution in [0.15, 0.2) is 42.5 Å². The number of phenols is 1. The van der Waals surface area contributed by atoms with Gasteiger partial charge in [-0.15, -0.1) is 0 Å². The number of aromatic hydroxyl groups is 1. The molecule has 2 rings (SSSR count). The minimum absolute atomic E-state index is 0.0496. The highest BCUT2D eigenvalue weighted by atomic mass is 32.2. The number of nitrogens with one attached hydrogen (secondary N) is 1. The van der Waals surface area contributed by atoms with Gasteiger partial charge in [-0.05, 0) is 41.5 Å². The first kappa shape index (κ1) is 14.9. The lowest BCUT2D eigenvalue weighted by atomic mass is 10.0. The first-order valence-electron chi connectivity index (χ1n) is 5.90. The zero-order valence-electron chi connectivity index (χ0n) is 11.1. The SMILES string of the molecule is CS(=O)(=O)Nc1cccc(-c2cc(O)cc(C(=O)O)c2)c1. The molecule has 0 aliphatic rings. The van der Waals surface area contributed by atoms with Crippen LogP contribution in [0.1, 0.15) is 10.4 Å². The lowest BCUT2D eigenvalue weighted by molar-refractivity contribution is 0.0696. The Morgan fingerprint density at radius 1 is 1.10 bits per heavy atom. The van der Waals surface area contributed by atoms with Crippen molar-refractivity contribution in [3.05, 3.63) is 48.0 Å². The van der Waals surface area contributed by atoms with Crippen LogP contribution in [0.25, 0.3) is 11.1 Å². The lowest BCUT2D eigenvalue weighted by Crippen LogP contribution is -2.09. The fourth-order valence-corrected chi connectivity index (χ4v) is 2.43. The third-order valence-corrected chi connectivity index (χ3v) is 3.27. The van der Waals surface area contributed by atoms with E-state index >= 15 is 0 Å². The summed E-state index contributed by atoms with van der Waals surface area (Å²) in [6, 6.07) is 10.4. The molecular formula is C14H13NO5S. The number of benzene rings is 2. The van der Waals surface area contributed by atoms with E-state index in [0.717, 1.165) is 12.3 Å². The predicted octanol–water partition coefficient (Wildman–Crippen LogP) is 2.13. The van der Waals surface area contributed by atoms with Crippen molar-refractivity contribution < 1.29 is 23.4 Å². The summed E-state index contributed by atoms with van der Waals surface area (Å²) in [4.78, 5) is 11.0. The lowest BCUT2D eigenvalue weighted by Gasteiger charge is -2.08. The minimum Gasteiger partial charge on any atom is -0.508 e. The fraction of sp³-hybridized carbons (Fsp3) is 0.0714. The van der Waals surface area contributed by atoms with Crippen molar-refractivity contribution in [2.45, 2.75) is 0 Å². The summed E-state index contributed by atoms with van der Waals surface area (Å²) in [7, 11) is -3.40. The topological polar surface area (TPSA) is 104 Å². The molecule has 2 aromatic rings. The van der Waals surface area contributed by atoms with Gasteiger partial charge in [0.05, 0.1) is 11.8 Å². The van der Waals surface area contributed by atoms with E-state index in [1.807, 2.05) is 0 Å². The monoisotopic (exact) mass is 307 g/mol. The molecule has 3 N–H and O–H groups in total. The van der Waals surface area contributed by atoms with Gasteiger partial charge in [0, 0.05) is 5.69 Å². The maximum Gasteiger partial charge on any atom is 0.335 e. The van der Waals surface area contributed by atoms with E-state index in [-0.39, 0.29) is 11.3 Å². The van der Waals surface area contributed by atoms with Crippen molar-refractivity contribution in [1.29, 1.82) is 0 Å². The molecule has 0 bridgehead atoms. The zero-order valence-corrected chi connectivity index (χ0v) is 11.9. The molecule has 21 heavy (non-hydrogen) atoms. The second-order valence-corrected chi connectivity index (χ2v) is 6.28. The standard InChI is InChI=1S/C14H13NO5S/c1-21(19,20)15-12-4-2-3-9(6-12)10-5-11(14(17)18)8-13(16)7-10/h2-8,15-16H,1H3,(H,17,18). The average molecular weight is 307 g/mol. The highest BCUT2D eigenvalue weighted by molar-refractivity contribution is 7.92. The largest absolute Gasteiger partial charge is 0.508 e. The van der Waals surface area contributed by atoms with Crippen LogP contribution in [0.4, 0.5) is 5.69 Å². The number of carboxylic acids is 1. The molecule has 0 saturated carbocycles. The molecule has 0 heterocycles. The van der Waals surface area contributed by atoms with Crippen LogP contribution < -0.4 is 4.72 Å². The van der Waals surface area contributed by atoms with E-state index in [2.05, 4.69) is 4.72 Å². The van der Waals surface area contributed by atoms with Crippen molar-refractivity contribution >= 4 is 21.7 Å². The fourth-order valence-electron chi connectivity index (χ4n) is 1.88. The molecule has 0 aliphatic carbocycles. The maximum absolute atomic E-state index is 11.2. The van der Waals surface area contributed by atoms with Gasteiger partial charge in [-0.1, -0.05) is 12.1 Å². The van der Waals surface area contributed by atoms with Crippen LogP contribution in [0.2, 0.25) is 0 Å². The number of aromatic carboxylic acids is 1. The van der Waals surface area contributed by atoms with Gasteiger partial charge in [0.25, 0.3) is 0 Å². The normalized spacial score (nSPS) is 11.1. The second kappa shape index (κ2) is 5.45. The number of phenolic OH excluding ortho intramolecular Hbond substituents is 1. The highest BCUT2D eigenvalue weighted by Gasteiger charge is 2.09. The van der Waals surface area contributed by atoms with Gasteiger partial charge in [0.1, 0.15) is 5.75 Å². The van der Waals surface area contributed by atoms with E-state index in [9.17, 15) is 18.3 Å². The highest BCUT2D eigenvalue weighted by Crippen LogP contribution is 2.27. The van der Waals surface area contributed by atoms with Crippen molar-refractivity contribution in [2.24, 2.45) is 0 Å². The van der Waals surface area contributed by atoms with Crippen LogP contribution in [-0.4, -0.2) is 30.9 Å². The van der Waals surface area contributed by atoms with Gasteiger partial charge < -0.3 is 10.2 Å². The van der Waals surface area contributed by atoms with Crippen molar-refractivity contribution in [3.63, 3.8) is 0 Å². The summed E-state index contributed by atoms with van der Waals surface area (Å²) in [6.07, 6.45) is 1.04. The van der Waals surface area contributed by atoms with Crippen LogP contribution in [-0.2, 0) is 10.0 Å². The molecule has 110 valence electrons. The Balaban J connectivity index is 2.47. The first-order valence-corrected chi connectivity index (χ1v) is 7.79. The minimum atomic E-state index is -3.40. The molecule has 0 atom stereocenters. The maximum atomic E-state index is 11.2. The molecule has 0 unspecified atom stereocenters. The molecule has 0 fully saturated rings. The third kappa shape index (κ3) is 3.96. The molecule has 6 nitrogen and oxygen atoms in total. The molecule has 0 spiro atoms. The summed E-state index contributed by atoms with van der Waals surface area (Å²) in [5.41, 5.74) is 1.37. The Morgan fingerprint density at radius 2 is 1.81 bits per heavy atom. The van der Waals surface area contributed by atoms with Crippen LogP contribution in [0.3, 0.4) is 0 Å². The molecule has 2 aromatic carbocycles. The third-order valence-electron chi connectivity index (χ3n) is 2.66. The Bertz CT molecular complexity index is 799. The summed E-state index contributed by atoms with van der Waals surface area (Å²) in [5.74, 6) is -1.33. The van der Waals surface area contributed by atoms with Crippen LogP contribution >= 0.6 is 0 Å². The van der Waals surface area contributed by atoms with Gasteiger partial charge in [-0.25, -0.2) is 13.2 Å². The van der Waals surface area contributed by atoms with E-state index in [4.69, 9.17) is 5.11 Å². The summed E-state index contributed by atoms with van der Waals surface area (Å²) < 4.78 is 24.8. The number of rotatable bonds is 4. The Kier molecular flexibility index (Phi) is 3.86. The Morgan fingerprint density at radius 3 is 2.43 bits per heavy atom. The smallest absolute Gasteiger partial charge is 0.335 e. The van der Waals surface area contributed by atoms with E-state index in [0.29, 0.717) is 16.8 Å². The molecule has 0 radical (unpaired) electrons. The summed E-state index contributed by atoms with van der Waals surface area (Å²) in [6.45, 7) is 0. The zero-order chi connectivity index (χ0) is 15.6. The average Bonchev–Trinajstić information content (AvgIpc) is 2.36. The summed E-state index contributed by atoms with van der Waals surface area (Å²) >= 11 is 0. The van der Waals surface area contributed by atoms with Gasteiger partial charge in [0.2, 0.25) is 10.0 Å². The summed E-state index contributed by atoms with van der Waals surface area (Å²) in [5, 5.41) is 18.6. The van der Waals surface area contributed by atoms with E-state index in [1.54, 1.807) is 24.3 Å². The molecule has 0 amide bonds. The predicted molar refractivity (Wildman–Crippen MR) is 79.0 cm³/mol. The van der Waals surface area contributed by atoms with Crippen LogP contribution in [0, 0.1) is 0 Å². The van der Waals surface area contributed by atoms with Gasteiger partial charge in [0.15, 0.2) is 0 Å². The van der Waals surface area contributed by atoms with Gasteiger partial charge >= 0.3 is 5.97 Å². The van der Waals surface area contributed by atoms with Gasteiger partial charge in [-0.3, -0.25) is 4.72 Å². The quantitative estimate of drug-likeness (QED) is 0.802. The molecular weight excluding hydrogens is 294 g/mol. The van der Waals surface area contributed by atoms with E-state index in [1.165, 1.54) is 12.1 Å². The number of sulfonamides is 1. The Labute approximate surface area is 121 Å². The van der Waals surface area contributed by atoms with Gasteiger partial charge in [-0.2, -0.15) is 0 Å². The van der Waals surface area contributed by atoms with Crippen molar-refractivity contribution in [2.75, 3.05) is 11.0 Å². The molecule has 0 aromatic heterocycles. The number of carbonyl (C=O) groups is 1. The number of hydrogen-bond donors (Lipinski definition) is 3. The Hall–Kier alpha value is -2.54. The van der Waals surface area contributed by atoms with Crippen molar-refractivity contribution in [1.82, 2.24) is 0 Å². The van der Waals surface area contributed by atoms with Crippen molar-refractivity contribution in [3.8, 4) is 16.9 Å². The van der Waals surface area contributed by atoms with E-state index < -0.39 is 16.0 Å². The number of anilines is 1. The second-order valence-electron chi connectivity index (χ2n) is 4.53. The molecule has 0 saturated heterocycles. The number of carboxylic acid groups (broad SMARTS) is 1. The van der Waals surface area contributed by atoms with Crippen LogP contribution in [0.5, 0.6) is 5.75 Å². The molecule has 7 heteroatoms. The molecule has 0 aliphatic heterocycles. The number of hydrogen-bond acceptors (Lipinski definition) is 4. The first-order chi connectivity index (χ1) is 9.74.